The van der Waals surface area contributed by atoms with E-state index in [-0.39, 0.29) is 5.43 Å². The van der Waals surface area contributed by atoms with E-state index in [1.807, 2.05) is 32.0 Å². The number of aryl methyl sites for hydroxylation is 1. The summed E-state index contributed by atoms with van der Waals surface area (Å²) in [5.74, 6) is 0. The van der Waals surface area contributed by atoms with Gasteiger partial charge in [-0.25, -0.2) is 0 Å². The van der Waals surface area contributed by atoms with Gasteiger partial charge in [-0.3, -0.25) is 4.79 Å². The summed E-state index contributed by atoms with van der Waals surface area (Å²) in [5.41, 5.74) is 1.69. The van der Waals surface area contributed by atoms with E-state index in [0.717, 1.165) is 20.9 Å². The Morgan fingerprint density at radius 3 is 2.60 bits per heavy atom. The van der Waals surface area contributed by atoms with Crippen molar-refractivity contribution in [1.29, 1.82) is 0 Å². The fourth-order valence-electron chi connectivity index (χ4n) is 1.32. The number of nitrogens with one attached hydrogen (secondary N) is 1. The van der Waals surface area contributed by atoms with Crippen LogP contribution in [0, 0.1) is 6.92 Å². The van der Waals surface area contributed by atoms with Gasteiger partial charge in [0.05, 0.1) is 5.52 Å². The molecule has 0 unspecified atom stereocenters. The predicted molar refractivity (Wildman–Crippen MR) is 68.4 cm³/mol. The lowest BCUT2D eigenvalue weighted by Gasteiger charge is -2.00. The second-order valence-corrected chi connectivity index (χ2v) is 3.82. The lowest BCUT2D eigenvalue weighted by Crippen LogP contribution is -2.05. The van der Waals surface area contributed by atoms with E-state index in [4.69, 9.17) is 0 Å². The van der Waals surface area contributed by atoms with Gasteiger partial charge >= 0.3 is 0 Å². The lowest BCUT2D eigenvalue weighted by molar-refractivity contribution is 1.29. The Balaban J connectivity index is 0.000000531. The van der Waals surface area contributed by atoms with Gasteiger partial charge in [0, 0.05) is 21.6 Å². The largest absolute Gasteiger partial charge is 0.360 e. The van der Waals surface area contributed by atoms with Crippen LogP contribution in [-0.4, -0.2) is 4.98 Å². The number of halogens is 1. The second-order valence-electron chi connectivity index (χ2n) is 2.96. The zero-order chi connectivity index (χ0) is 11.4. The van der Waals surface area contributed by atoms with Crippen LogP contribution in [0.3, 0.4) is 0 Å². The van der Waals surface area contributed by atoms with Crippen molar-refractivity contribution in [2.45, 2.75) is 20.8 Å². The summed E-state index contributed by atoms with van der Waals surface area (Å²) in [6.45, 7) is 5.80. The average Bonchev–Trinajstić information content (AvgIpc) is 2.27. The van der Waals surface area contributed by atoms with E-state index in [1.165, 1.54) is 0 Å². The Hall–Kier alpha value is -1.09. The summed E-state index contributed by atoms with van der Waals surface area (Å²) in [4.78, 5) is 14.7. The highest BCUT2D eigenvalue weighted by molar-refractivity contribution is 9.10. The number of fused-ring (bicyclic) bond motifs is 1. The predicted octanol–water partition coefficient (Wildman–Crippen LogP) is 3.63. The van der Waals surface area contributed by atoms with Crippen molar-refractivity contribution in [3.63, 3.8) is 0 Å². The molecule has 0 aliphatic heterocycles. The maximum atomic E-state index is 11.6. The number of benzene rings is 1. The molecule has 1 aromatic heterocycles. The van der Waals surface area contributed by atoms with Gasteiger partial charge in [0.15, 0.2) is 5.43 Å². The van der Waals surface area contributed by atoms with Crippen molar-refractivity contribution in [1.82, 2.24) is 4.98 Å². The van der Waals surface area contributed by atoms with Crippen LogP contribution in [0.15, 0.2) is 33.7 Å². The van der Waals surface area contributed by atoms with Crippen molar-refractivity contribution < 1.29 is 0 Å². The third-order valence-electron chi connectivity index (χ3n) is 2.05. The molecule has 15 heavy (non-hydrogen) atoms. The van der Waals surface area contributed by atoms with Crippen molar-refractivity contribution in [3.05, 3.63) is 44.7 Å². The summed E-state index contributed by atoms with van der Waals surface area (Å²) in [6.07, 6.45) is 1.73. The number of aromatic nitrogens is 1. The molecule has 0 amide bonds. The van der Waals surface area contributed by atoms with Crippen molar-refractivity contribution in [3.8, 4) is 0 Å². The van der Waals surface area contributed by atoms with Crippen LogP contribution in [0.25, 0.3) is 10.9 Å². The van der Waals surface area contributed by atoms with E-state index < -0.39 is 0 Å². The molecule has 2 rings (SSSR count). The number of hydrogen-bond donors (Lipinski definition) is 1. The molecule has 80 valence electrons. The monoisotopic (exact) mass is 267 g/mol. The first-order valence-electron chi connectivity index (χ1n) is 4.96. The third kappa shape index (κ3) is 2.29. The molecular weight excluding hydrogens is 254 g/mol. The highest BCUT2D eigenvalue weighted by Crippen LogP contribution is 2.18. The van der Waals surface area contributed by atoms with Gasteiger partial charge in [-0.05, 0) is 35.0 Å². The average molecular weight is 268 g/mol. The van der Waals surface area contributed by atoms with Gasteiger partial charge in [-0.15, -0.1) is 0 Å². The smallest absolute Gasteiger partial charge is 0.192 e. The molecule has 0 spiro atoms. The highest BCUT2D eigenvalue weighted by Gasteiger charge is 2.02. The number of rotatable bonds is 0. The molecule has 3 heteroatoms. The molecule has 0 atom stereocenters. The molecule has 0 saturated heterocycles. The van der Waals surface area contributed by atoms with Gasteiger partial charge in [-0.2, -0.15) is 0 Å². The normalized spacial score (nSPS) is 9.60. The third-order valence-corrected chi connectivity index (χ3v) is 2.71. The van der Waals surface area contributed by atoms with Crippen molar-refractivity contribution >= 4 is 26.8 Å². The molecule has 0 fully saturated rings. The molecule has 1 heterocycles. The zero-order valence-corrected chi connectivity index (χ0v) is 10.7. The number of hydrogen-bond acceptors (Lipinski definition) is 1. The van der Waals surface area contributed by atoms with Crippen LogP contribution in [-0.2, 0) is 0 Å². The minimum Gasteiger partial charge on any atom is -0.360 e. The molecule has 0 aliphatic rings. The molecule has 0 bridgehead atoms. The number of para-hydroxylation sites is 1. The number of pyridine rings is 1. The maximum absolute atomic E-state index is 11.6. The summed E-state index contributed by atoms with van der Waals surface area (Å²) >= 11 is 3.39. The van der Waals surface area contributed by atoms with Crippen LogP contribution in [0.5, 0.6) is 0 Å². The van der Waals surface area contributed by atoms with E-state index in [9.17, 15) is 4.79 Å². The number of H-pyrrole nitrogens is 1. The minimum atomic E-state index is 0.0926. The summed E-state index contributed by atoms with van der Waals surface area (Å²) in [7, 11) is 0. The SMILES string of the molecule is CC.Cc1c[nH]c2c(Br)cccc2c1=O. The van der Waals surface area contributed by atoms with Gasteiger partial charge in [0.25, 0.3) is 0 Å². The first-order valence-corrected chi connectivity index (χ1v) is 5.76. The topological polar surface area (TPSA) is 32.9 Å². The molecule has 1 aromatic carbocycles. The standard InChI is InChI=1S/C10H8BrNO.C2H6/c1-6-5-12-9-7(10(6)13)3-2-4-8(9)11;1-2/h2-5H,1H3,(H,12,13);1-2H3. The molecule has 0 radical (unpaired) electrons. The first-order chi connectivity index (χ1) is 7.20. The molecular formula is C12H14BrNO. The fraction of sp³-hybridized carbons (Fsp3) is 0.250. The molecule has 2 nitrogen and oxygen atoms in total. The van der Waals surface area contributed by atoms with Crippen LogP contribution >= 0.6 is 15.9 Å². The van der Waals surface area contributed by atoms with Gasteiger partial charge in [0.2, 0.25) is 0 Å². The van der Waals surface area contributed by atoms with E-state index in [1.54, 1.807) is 13.1 Å². The van der Waals surface area contributed by atoms with Crippen LogP contribution in [0.4, 0.5) is 0 Å². The van der Waals surface area contributed by atoms with Crippen LogP contribution < -0.4 is 5.43 Å². The number of aromatic amines is 1. The second kappa shape index (κ2) is 5.12. The Bertz CT molecular complexity index is 517. The van der Waals surface area contributed by atoms with Crippen molar-refractivity contribution in [2.24, 2.45) is 0 Å². The Labute approximate surface area is 97.5 Å². The van der Waals surface area contributed by atoms with Crippen LogP contribution in [0.1, 0.15) is 19.4 Å². The summed E-state index contributed by atoms with van der Waals surface area (Å²) in [6, 6.07) is 5.60. The first kappa shape index (κ1) is 12.0. The Morgan fingerprint density at radius 2 is 1.93 bits per heavy atom. The van der Waals surface area contributed by atoms with E-state index in [2.05, 4.69) is 20.9 Å². The molecule has 2 aromatic rings. The van der Waals surface area contributed by atoms with Gasteiger partial charge in [0.1, 0.15) is 0 Å². The molecule has 0 saturated carbocycles. The van der Waals surface area contributed by atoms with Crippen molar-refractivity contribution in [2.75, 3.05) is 0 Å². The Kier molecular flexibility index (Phi) is 4.09. The lowest BCUT2D eigenvalue weighted by atomic mass is 10.2. The summed E-state index contributed by atoms with van der Waals surface area (Å²) < 4.78 is 0.919. The minimum absolute atomic E-state index is 0.0926. The fourth-order valence-corrected chi connectivity index (χ4v) is 1.80. The summed E-state index contributed by atoms with van der Waals surface area (Å²) in [5, 5.41) is 0.731. The van der Waals surface area contributed by atoms with Crippen LogP contribution in [0.2, 0.25) is 0 Å². The van der Waals surface area contributed by atoms with Gasteiger partial charge in [-0.1, -0.05) is 19.9 Å². The molecule has 1 N–H and O–H groups in total. The molecule has 0 aliphatic carbocycles. The van der Waals surface area contributed by atoms with Gasteiger partial charge < -0.3 is 4.98 Å². The van der Waals surface area contributed by atoms with E-state index in [0.29, 0.717) is 0 Å². The maximum Gasteiger partial charge on any atom is 0.192 e. The highest BCUT2D eigenvalue weighted by atomic mass is 79.9. The Morgan fingerprint density at radius 1 is 1.27 bits per heavy atom. The zero-order valence-electron chi connectivity index (χ0n) is 9.10. The van der Waals surface area contributed by atoms with E-state index >= 15 is 0 Å². The quantitative estimate of drug-likeness (QED) is 0.777.